The van der Waals surface area contributed by atoms with Gasteiger partial charge < -0.3 is 5.73 Å². The van der Waals surface area contributed by atoms with E-state index in [9.17, 15) is 4.39 Å². The molecular weight excluding hydrogens is 237 g/mol. The summed E-state index contributed by atoms with van der Waals surface area (Å²) in [7, 11) is 0. The van der Waals surface area contributed by atoms with Crippen LogP contribution in [-0.2, 0) is 6.42 Å². The molecule has 0 spiro atoms. The van der Waals surface area contributed by atoms with Crippen LogP contribution in [0.25, 0.3) is 0 Å². The molecule has 1 atom stereocenters. The second-order valence-electron chi connectivity index (χ2n) is 5.37. The Morgan fingerprint density at radius 3 is 1.84 bits per heavy atom. The van der Waals surface area contributed by atoms with E-state index in [2.05, 4.69) is 38.1 Å². The van der Waals surface area contributed by atoms with E-state index >= 15 is 0 Å². The normalized spacial score (nSPS) is 12.7. The molecule has 0 fully saturated rings. The van der Waals surface area contributed by atoms with Crippen molar-refractivity contribution in [2.75, 3.05) is 0 Å². The van der Waals surface area contributed by atoms with E-state index in [1.54, 1.807) is 12.1 Å². The number of benzene rings is 2. The molecule has 1 nitrogen and oxygen atoms in total. The third-order valence-corrected chi connectivity index (χ3v) is 3.21. The summed E-state index contributed by atoms with van der Waals surface area (Å²) in [5, 5.41) is 0. The number of halogens is 1. The molecular formula is C17H20FN. The van der Waals surface area contributed by atoms with E-state index < -0.39 is 0 Å². The maximum absolute atomic E-state index is 12.9. The largest absolute Gasteiger partial charge is 0.320 e. The highest BCUT2D eigenvalue weighted by molar-refractivity contribution is 5.33. The first-order chi connectivity index (χ1) is 9.06. The van der Waals surface area contributed by atoms with E-state index in [-0.39, 0.29) is 11.9 Å². The maximum Gasteiger partial charge on any atom is 0.123 e. The third kappa shape index (κ3) is 3.65. The van der Waals surface area contributed by atoms with Crippen LogP contribution in [0.4, 0.5) is 4.39 Å². The van der Waals surface area contributed by atoms with Crippen LogP contribution in [0.1, 0.15) is 36.6 Å². The molecule has 0 aromatic heterocycles. The van der Waals surface area contributed by atoms with Crippen LogP contribution in [0.15, 0.2) is 48.5 Å². The van der Waals surface area contributed by atoms with Gasteiger partial charge in [0.2, 0.25) is 0 Å². The predicted molar refractivity (Wildman–Crippen MR) is 77.4 cm³/mol. The minimum Gasteiger partial charge on any atom is -0.320 e. The number of hydrogen-bond donors (Lipinski definition) is 1. The standard InChI is InChI=1S/C17H20FN/c1-12(2)11-13-3-5-14(6-4-13)17(19)15-7-9-16(18)10-8-15/h3-10,12,17H,11,19H2,1-2H3. The maximum atomic E-state index is 12.9. The number of hydrogen-bond acceptors (Lipinski definition) is 1. The van der Waals surface area contributed by atoms with E-state index in [0.717, 1.165) is 17.5 Å². The quantitative estimate of drug-likeness (QED) is 0.877. The molecule has 0 aliphatic rings. The summed E-state index contributed by atoms with van der Waals surface area (Å²) in [5.74, 6) is 0.417. The highest BCUT2D eigenvalue weighted by atomic mass is 19.1. The number of nitrogens with two attached hydrogens (primary N) is 1. The van der Waals surface area contributed by atoms with Crippen LogP contribution in [0.5, 0.6) is 0 Å². The molecule has 2 rings (SSSR count). The first-order valence-electron chi connectivity index (χ1n) is 6.66. The average Bonchev–Trinajstić information content (AvgIpc) is 2.39. The molecule has 2 heteroatoms. The molecule has 0 radical (unpaired) electrons. The summed E-state index contributed by atoms with van der Waals surface area (Å²) in [6.07, 6.45) is 1.08. The Kier molecular flexibility index (Phi) is 4.33. The highest BCUT2D eigenvalue weighted by Gasteiger charge is 2.09. The van der Waals surface area contributed by atoms with Gasteiger partial charge in [0.25, 0.3) is 0 Å². The van der Waals surface area contributed by atoms with Gasteiger partial charge in [-0.3, -0.25) is 0 Å². The van der Waals surface area contributed by atoms with Gasteiger partial charge in [0.05, 0.1) is 6.04 Å². The van der Waals surface area contributed by atoms with Crippen LogP contribution >= 0.6 is 0 Å². The first-order valence-corrected chi connectivity index (χ1v) is 6.66. The van der Waals surface area contributed by atoms with Crippen molar-refractivity contribution in [2.24, 2.45) is 11.7 Å². The van der Waals surface area contributed by atoms with E-state index in [0.29, 0.717) is 5.92 Å². The highest BCUT2D eigenvalue weighted by Crippen LogP contribution is 2.21. The summed E-state index contributed by atoms with van der Waals surface area (Å²) in [6.45, 7) is 4.41. The lowest BCUT2D eigenvalue weighted by molar-refractivity contribution is 0.626. The molecule has 2 N–H and O–H groups in total. The minimum absolute atomic E-state index is 0.200. The summed E-state index contributed by atoms with van der Waals surface area (Å²) in [6, 6.07) is 14.5. The molecule has 0 bridgehead atoms. The molecule has 0 aliphatic heterocycles. The molecule has 0 saturated heterocycles. The molecule has 1 unspecified atom stereocenters. The van der Waals surface area contributed by atoms with Crippen LogP contribution in [0.3, 0.4) is 0 Å². The molecule has 19 heavy (non-hydrogen) atoms. The van der Waals surface area contributed by atoms with Crippen molar-refractivity contribution in [1.29, 1.82) is 0 Å². The molecule has 2 aromatic carbocycles. The first kappa shape index (κ1) is 13.8. The SMILES string of the molecule is CC(C)Cc1ccc(C(N)c2ccc(F)cc2)cc1. The van der Waals surface area contributed by atoms with Crippen LogP contribution in [0, 0.1) is 11.7 Å². The van der Waals surface area contributed by atoms with Crippen molar-refractivity contribution in [3.05, 3.63) is 71.0 Å². The smallest absolute Gasteiger partial charge is 0.123 e. The summed E-state index contributed by atoms with van der Waals surface area (Å²) >= 11 is 0. The zero-order chi connectivity index (χ0) is 13.8. The van der Waals surface area contributed by atoms with Gasteiger partial charge in [-0.1, -0.05) is 50.2 Å². The topological polar surface area (TPSA) is 26.0 Å². The van der Waals surface area contributed by atoms with Gasteiger partial charge in [-0.15, -0.1) is 0 Å². The molecule has 0 saturated carbocycles. The second-order valence-corrected chi connectivity index (χ2v) is 5.37. The summed E-state index contributed by atoms with van der Waals surface area (Å²) in [4.78, 5) is 0. The zero-order valence-electron chi connectivity index (χ0n) is 11.4. The lowest BCUT2D eigenvalue weighted by Crippen LogP contribution is -2.11. The fourth-order valence-electron chi connectivity index (χ4n) is 2.20. The van der Waals surface area contributed by atoms with Gasteiger partial charge >= 0.3 is 0 Å². The molecule has 0 heterocycles. The van der Waals surface area contributed by atoms with Crippen LogP contribution in [0.2, 0.25) is 0 Å². The van der Waals surface area contributed by atoms with Gasteiger partial charge in [0, 0.05) is 0 Å². The molecule has 0 amide bonds. The van der Waals surface area contributed by atoms with Gasteiger partial charge in [0.1, 0.15) is 5.82 Å². The van der Waals surface area contributed by atoms with E-state index in [1.807, 2.05) is 0 Å². The Labute approximate surface area is 114 Å². The minimum atomic E-state index is -0.233. The zero-order valence-corrected chi connectivity index (χ0v) is 11.4. The van der Waals surface area contributed by atoms with Crippen molar-refractivity contribution in [3.63, 3.8) is 0 Å². The third-order valence-electron chi connectivity index (χ3n) is 3.21. The van der Waals surface area contributed by atoms with E-state index in [4.69, 9.17) is 5.73 Å². The van der Waals surface area contributed by atoms with Gasteiger partial charge in [0.15, 0.2) is 0 Å². The lowest BCUT2D eigenvalue weighted by atomic mass is 9.96. The summed E-state index contributed by atoms with van der Waals surface area (Å²) < 4.78 is 12.9. The van der Waals surface area contributed by atoms with Crippen LogP contribution in [-0.4, -0.2) is 0 Å². The molecule has 100 valence electrons. The van der Waals surface area contributed by atoms with Crippen molar-refractivity contribution in [1.82, 2.24) is 0 Å². The van der Waals surface area contributed by atoms with Crippen molar-refractivity contribution in [3.8, 4) is 0 Å². The Morgan fingerprint density at radius 1 is 0.895 bits per heavy atom. The van der Waals surface area contributed by atoms with Gasteiger partial charge in [-0.2, -0.15) is 0 Å². The second kappa shape index (κ2) is 5.98. The Morgan fingerprint density at radius 2 is 1.37 bits per heavy atom. The fourth-order valence-corrected chi connectivity index (χ4v) is 2.20. The lowest BCUT2D eigenvalue weighted by Gasteiger charge is -2.13. The Hall–Kier alpha value is -1.67. The Balaban J connectivity index is 2.15. The monoisotopic (exact) mass is 257 g/mol. The van der Waals surface area contributed by atoms with Crippen LogP contribution < -0.4 is 5.73 Å². The van der Waals surface area contributed by atoms with Crippen molar-refractivity contribution in [2.45, 2.75) is 26.3 Å². The Bertz CT molecular complexity index is 514. The summed E-state index contributed by atoms with van der Waals surface area (Å²) in [5.41, 5.74) is 9.50. The molecule has 0 aliphatic carbocycles. The average molecular weight is 257 g/mol. The molecule has 2 aromatic rings. The fraction of sp³-hybridized carbons (Fsp3) is 0.294. The van der Waals surface area contributed by atoms with Crippen molar-refractivity contribution >= 4 is 0 Å². The predicted octanol–water partition coefficient (Wildman–Crippen LogP) is 4.07. The van der Waals surface area contributed by atoms with Gasteiger partial charge in [-0.25, -0.2) is 4.39 Å². The number of rotatable bonds is 4. The van der Waals surface area contributed by atoms with E-state index in [1.165, 1.54) is 17.7 Å². The van der Waals surface area contributed by atoms with Crippen molar-refractivity contribution < 1.29 is 4.39 Å². The van der Waals surface area contributed by atoms with Gasteiger partial charge in [-0.05, 0) is 41.2 Å².